The highest BCUT2D eigenvalue weighted by molar-refractivity contribution is 6.05. The highest BCUT2D eigenvalue weighted by atomic mass is 14.2. The maximum absolute atomic E-state index is 2.35. The Morgan fingerprint density at radius 1 is 0.579 bits per heavy atom. The van der Waals surface area contributed by atoms with Gasteiger partial charge in [-0.1, -0.05) is 24.3 Å². The quantitative estimate of drug-likeness (QED) is 0.458. The van der Waals surface area contributed by atoms with Gasteiger partial charge in [0, 0.05) is 0 Å². The third kappa shape index (κ3) is 1.59. The van der Waals surface area contributed by atoms with Crippen molar-refractivity contribution in [1.29, 1.82) is 0 Å². The molecule has 0 amide bonds. The molecule has 0 spiro atoms. The number of hydrogen-bond donors (Lipinski definition) is 0. The van der Waals surface area contributed by atoms with Crippen molar-refractivity contribution < 1.29 is 0 Å². The van der Waals surface area contributed by atoms with E-state index in [1.54, 1.807) is 0 Å². The fourth-order valence-corrected chi connectivity index (χ4v) is 3.26. The molecule has 0 atom stereocenters. The zero-order valence-corrected chi connectivity index (χ0v) is 12.4. The number of benzene rings is 3. The van der Waals surface area contributed by atoms with Gasteiger partial charge in [0.05, 0.1) is 0 Å². The third-order valence-electron chi connectivity index (χ3n) is 4.78. The molecule has 0 radical (unpaired) electrons. The van der Waals surface area contributed by atoms with E-state index in [0.717, 1.165) is 0 Å². The van der Waals surface area contributed by atoms with Crippen LogP contribution >= 0.6 is 0 Å². The Bertz CT molecular complexity index is 807. The van der Waals surface area contributed by atoms with Gasteiger partial charge < -0.3 is 0 Å². The van der Waals surface area contributed by atoms with E-state index in [9.17, 15) is 0 Å². The monoisotopic (exact) mass is 248 g/mol. The van der Waals surface area contributed by atoms with Crippen LogP contribution in [0.1, 0.15) is 27.8 Å². The Balaban J connectivity index is 2.66. The minimum atomic E-state index is 1.35. The lowest BCUT2D eigenvalue weighted by atomic mass is 9.87. The van der Waals surface area contributed by atoms with Crippen LogP contribution in [0.5, 0.6) is 0 Å². The molecule has 0 nitrogen and oxygen atoms in total. The van der Waals surface area contributed by atoms with Crippen molar-refractivity contribution in [3.8, 4) is 0 Å². The SMILES string of the molecule is Cc1c(C)c(C)c2c(C)c3ccccc3cc2c1C. The minimum Gasteiger partial charge on any atom is -0.0616 e. The zero-order valence-electron chi connectivity index (χ0n) is 12.4. The summed E-state index contributed by atoms with van der Waals surface area (Å²) in [5.41, 5.74) is 7.13. The van der Waals surface area contributed by atoms with Crippen LogP contribution in [-0.2, 0) is 0 Å². The molecule has 0 fully saturated rings. The number of rotatable bonds is 0. The van der Waals surface area contributed by atoms with Gasteiger partial charge >= 0.3 is 0 Å². The molecule has 0 heterocycles. The molecule has 0 aliphatic rings. The zero-order chi connectivity index (χ0) is 13.7. The molecule has 0 N–H and O–H groups in total. The highest BCUT2D eigenvalue weighted by Gasteiger charge is 2.12. The molecule has 0 aliphatic heterocycles. The van der Waals surface area contributed by atoms with Crippen LogP contribution < -0.4 is 0 Å². The number of aryl methyl sites for hydroxylation is 3. The lowest BCUT2D eigenvalue weighted by Crippen LogP contribution is -1.96. The van der Waals surface area contributed by atoms with E-state index in [4.69, 9.17) is 0 Å². The van der Waals surface area contributed by atoms with Crippen LogP contribution in [0.3, 0.4) is 0 Å². The van der Waals surface area contributed by atoms with E-state index in [0.29, 0.717) is 0 Å². The van der Waals surface area contributed by atoms with Gasteiger partial charge in [-0.15, -0.1) is 0 Å². The fourth-order valence-electron chi connectivity index (χ4n) is 3.26. The van der Waals surface area contributed by atoms with Crippen molar-refractivity contribution in [1.82, 2.24) is 0 Å². The first-order valence-electron chi connectivity index (χ1n) is 6.90. The molecule has 0 unspecified atom stereocenters. The molecule has 0 saturated carbocycles. The van der Waals surface area contributed by atoms with Crippen molar-refractivity contribution in [3.63, 3.8) is 0 Å². The Kier molecular flexibility index (Phi) is 2.63. The number of fused-ring (bicyclic) bond motifs is 2. The van der Waals surface area contributed by atoms with Crippen LogP contribution in [0.15, 0.2) is 30.3 Å². The summed E-state index contributed by atoms with van der Waals surface area (Å²) in [5.74, 6) is 0. The summed E-state index contributed by atoms with van der Waals surface area (Å²) in [5, 5.41) is 5.58. The van der Waals surface area contributed by atoms with Gasteiger partial charge in [0.25, 0.3) is 0 Å². The topological polar surface area (TPSA) is 0 Å². The summed E-state index contributed by atoms with van der Waals surface area (Å²) < 4.78 is 0. The van der Waals surface area contributed by atoms with E-state index in [2.05, 4.69) is 65.0 Å². The van der Waals surface area contributed by atoms with Crippen molar-refractivity contribution >= 4 is 21.5 Å². The minimum absolute atomic E-state index is 1.35. The van der Waals surface area contributed by atoms with Crippen LogP contribution in [0, 0.1) is 34.6 Å². The van der Waals surface area contributed by atoms with E-state index in [-0.39, 0.29) is 0 Å². The largest absolute Gasteiger partial charge is 0.0616 e. The Labute approximate surface area is 115 Å². The van der Waals surface area contributed by atoms with Gasteiger partial charge in [-0.05, 0) is 90.0 Å². The molecule has 19 heavy (non-hydrogen) atoms. The van der Waals surface area contributed by atoms with Crippen molar-refractivity contribution in [2.24, 2.45) is 0 Å². The van der Waals surface area contributed by atoms with E-state index < -0.39 is 0 Å². The molecule has 0 saturated heterocycles. The van der Waals surface area contributed by atoms with E-state index in [1.165, 1.54) is 49.4 Å². The second-order valence-electron chi connectivity index (χ2n) is 5.65. The van der Waals surface area contributed by atoms with Gasteiger partial charge in [-0.25, -0.2) is 0 Å². The maximum atomic E-state index is 2.35. The summed E-state index contributed by atoms with van der Waals surface area (Å²) in [6.45, 7) is 11.2. The van der Waals surface area contributed by atoms with Crippen LogP contribution in [0.25, 0.3) is 21.5 Å². The summed E-state index contributed by atoms with van der Waals surface area (Å²) >= 11 is 0. The molecule has 96 valence electrons. The lowest BCUT2D eigenvalue weighted by molar-refractivity contribution is 1.25. The standard InChI is InChI=1S/C19H20/c1-11-12(2)14(4)19-15(5)17-9-7-6-8-16(17)10-18(19)13(11)3/h6-10H,1-5H3. The van der Waals surface area contributed by atoms with E-state index in [1.807, 2.05) is 0 Å². The molecule has 0 bridgehead atoms. The maximum Gasteiger partial charge on any atom is -0.0114 e. The van der Waals surface area contributed by atoms with Crippen molar-refractivity contribution in [3.05, 3.63) is 58.1 Å². The lowest BCUT2D eigenvalue weighted by Gasteiger charge is -2.17. The smallest absolute Gasteiger partial charge is 0.0114 e. The molecule has 3 aromatic carbocycles. The first-order chi connectivity index (χ1) is 9.02. The van der Waals surface area contributed by atoms with Crippen LogP contribution in [0.2, 0.25) is 0 Å². The Morgan fingerprint density at radius 2 is 1.21 bits per heavy atom. The summed E-state index contributed by atoms with van der Waals surface area (Å²) in [6, 6.07) is 11.0. The first-order valence-corrected chi connectivity index (χ1v) is 6.90. The van der Waals surface area contributed by atoms with Crippen molar-refractivity contribution in [2.45, 2.75) is 34.6 Å². The van der Waals surface area contributed by atoms with Gasteiger partial charge in [0.1, 0.15) is 0 Å². The van der Waals surface area contributed by atoms with Crippen LogP contribution in [0.4, 0.5) is 0 Å². The Hall–Kier alpha value is -1.82. The molecule has 0 aromatic heterocycles. The molecule has 3 rings (SSSR count). The molecular weight excluding hydrogens is 228 g/mol. The number of hydrogen-bond acceptors (Lipinski definition) is 0. The van der Waals surface area contributed by atoms with Gasteiger partial charge in [0.2, 0.25) is 0 Å². The predicted molar refractivity (Wildman–Crippen MR) is 85.1 cm³/mol. The second kappa shape index (κ2) is 4.09. The van der Waals surface area contributed by atoms with Gasteiger partial charge in [0.15, 0.2) is 0 Å². The predicted octanol–water partition coefficient (Wildman–Crippen LogP) is 5.54. The van der Waals surface area contributed by atoms with Gasteiger partial charge in [-0.2, -0.15) is 0 Å². The Morgan fingerprint density at radius 3 is 1.95 bits per heavy atom. The third-order valence-corrected chi connectivity index (χ3v) is 4.78. The summed E-state index contributed by atoms with van der Waals surface area (Å²) in [7, 11) is 0. The average Bonchev–Trinajstić information content (AvgIpc) is 2.43. The normalized spacial score (nSPS) is 11.4. The first kappa shape index (κ1) is 12.2. The van der Waals surface area contributed by atoms with Crippen LogP contribution in [-0.4, -0.2) is 0 Å². The molecule has 0 heteroatoms. The summed E-state index contributed by atoms with van der Waals surface area (Å²) in [4.78, 5) is 0. The average molecular weight is 248 g/mol. The molecule has 0 aliphatic carbocycles. The van der Waals surface area contributed by atoms with Gasteiger partial charge in [-0.3, -0.25) is 0 Å². The molecular formula is C19H20. The molecule has 3 aromatic rings. The second-order valence-corrected chi connectivity index (χ2v) is 5.65. The highest BCUT2D eigenvalue weighted by Crippen LogP contribution is 2.35. The fraction of sp³-hybridized carbons (Fsp3) is 0.263. The summed E-state index contributed by atoms with van der Waals surface area (Å²) in [6.07, 6.45) is 0. The van der Waals surface area contributed by atoms with Crippen molar-refractivity contribution in [2.75, 3.05) is 0 Å². The van der Waals surface area contributed by atoms with E-state index >= 15 is 0 Å².